The van der Waals surface area contributed by atoms with Crippen LogP contribution in [0.4, 0.5) is 14.6 Å². The van der Waals surface area contributed by atoms with Gasteiger partial charge in [0.1, 0.15) is 10.8 Å². The number of carbonyl (C=O) groups excluding carboxylic acids is 2. The lowest BCUT2D eigenvalue weighted by atomic mass is 9.52. The van der Waals surface area contributed by atoms with E-state index >= 15 is 0 Å². The van der Waals surface area contributed by atoms with Gasteiger partial charge < -0.3 is 19.7 Å². The number of piperidine rings is 1. The molecule has 0 spiro atoms. The number of alkyl halides is 2. The topological polar surface area (TPSA) is 80.8 Å². The van der Waals surface area contributed by atoms with Crippen LogP contribution in [0.3, 0.4) is 0 Å². The number of halogens is 2. The molecule has 10 heteroatoms. The first-order chi connectivity index (χ1) is 19.8. The number of aromatic nitrogens is 1. The van der Waals surface area contributed by atoms with Crippen LogP contribution >= 0.6 is 11.8 Å². The second-order valence-electron chi connectivity index (χ2n) is 13.2. The Morgan fingerprint density at radius 1 is 1.10 bits per heavy atom. The number of nitrogens with one attached hydrogen (secondary N) is 1. The standard InChI is InChI=1S/C31H43F2N3O4S/c1-39-26(37)14-19-6-5-11-36(18-19)25-10-9-24(29(34-25)41-23-7-3-2-4-8-23)28(38)35-27-21-12-20-13-22(27)17-31(15-20,16-21)40-30(32)33/h9-10,19-23,27,30H,2-8,11-18H2,1H3,(H,35,38)/t19-,20?,21?,22?,27?,31?/m0/s1. The van der Waals surface area contributed by atoms with Crippen LogP contribution in [-0.4, -0.2) is 60.6 Å². The highest BCUT2D eigenvalue weighted by Crippen LogP contribution is 2.57. The number of hydrogen-bond acceptors (Lipinski definition) is 7. The van der Waals surface area contributed by atoms with E-state index in [9.17, 15) is 18.4 Å². The highest BCUT2D eigenvalue weighted by atomic mass is 32.2. The quantitative estimate of drug-likeness (QED) is 0.343. The number of amides is 1. The van der Waals surface area contributed by atoms with Crippen molar-refractivity contribution in [1.82, 2.24) is 10.3 Å². The monoisotopic (exact) mass is 591 g/mol. The molecule has 1 aliphatic heterocycles. The van der Waals surface area contributed by atoms with Gasteiger partial charge in [-0.15, -0.1) is 11.8 Å². The summed E-state index contributed by atoms with van der Waals surface area (Å²) in [4.78, 5) is 33.1. The van der Waals surface area contributed by atoms with E-state index < -0.39 is 12.2 Å². The van der Waals surface area contributed by atoms with Crippen LogP contribution in [0.2, 0.25) is 0 Å². The Morgan fingerprint density at radius 3 is 2.56 bits per heavy atom. The summed E-state index contributed by atoms with van der Waals surface area (Å²) in [5, 5.41) is 4.58. The zero-order valence-electron chi connectivity index (χ0n) is 24.0. The Kier molecular flexibility index (Phi) is 8.78. The van der Waals surface area contributed by atoms with Crippen LogP contribution in [0, 0.1) is 23.7 Å². The van der Waals surface area contributed by atoms with Crippen molar-refractivity contribution in [2.75, 3.05) is 25.1 Å². The molecule has 7 rings (SSSR count). The number of methoxy groups -OCH3 is 1. The fourth-order valence-electron chi connectivity index (χ4n) is 8.72. The lowest BCUT2D eigenvalue weighted by Crippen LogP contribution is -2.62. The normalized spacial score (nSPS) is 33.3. The lowest BCUT2D eigenvalue weighted by Gasteiger charge is -2.59. The van der Waals surface area contributed by atoms with E-state index in [1.54, 1.807) is 11.8 Å². The summed E-state index contributed by atoms with van der Waals surface area (Å²) >= 11 is 1.73. The van der Waals surface area contributed by atoms with E-state index in [1.165, 1.54) is 26.4 Å². The van der Waals surface area contributed by atoms with Crippen molar-refractivity contribution < 1.29 is 27.8 Å². The molecule has 1 N–H and O–H groups in total. The molecule has 1 aromatic rings. The molecule has 5 saturated carbocycles. The number of rotatable bonds is 9. The number of pyridine rings is 1. The predicted molar refractivity (Wildman–Crippen MR) is 153 cm³/mol. The number of nitrogens with zero attached hydrogens (tertiary/aromatic N) is 2. The Hall–Kier alpha value is -1.94. The first-order valence-electron chi connectivity index (χ1n) is 15.6. The first kappa shape index (κ1) is 29.1. The van der Waals surface area contributed by atoms with Gasteiger partial charge in [-0.05, 0) is 93.6 Å². The minimum Gasteiger partial charge on any atom is -0.469 e. The van der Waals surface area contributed by atoms with Crippen molar-refractivity contribution in [3.05, 3.63) is 17.7 Å². The second-order valence-corrected chi connectivity index (χ2v) is 14.5. The fourth-order valence-corrected chi connectivity index (χ4v) is 10.0. The van der Waals surface area contributed by atoms with Gasteiger partial charge in [-0.1, -0.05) is 19.3 Å². The van der Waals surface area contributed by atoms with Crippen molar-refractivity contribution in [3.8, 4) is 0 Å². The Bertz CT molecular complexity index is 1100. The average molecular weight is 592 g/mol. The molecule has 226 valence electrons. The van der Waals surface area contributed by atoms with Crippen LogP contribution in [0.1, 0.15) is 93.8 Å². The maximum atomic E-state index is 13.9. The number of esters is 1. The SMILES string of the molecule is COC(=O)C[C@@H]1CCCN(c2ccc(C(=O)NC3C4CC5CC3CC(OC(F)F)(C5)C4)c(SC3CCCCC3)n2)C1. The summed E-state index contributed by atoms with van der Waals surface area (Å²) in [6.45, 7) is -1.13. The summed E-state index contributed by atoms with van der Waals surface area (Å²) in [5.41, 5.74) is -0.114. The molecule has 5 aliphatic carbocycles. The fraction of sp³-hybridized carbons (Fsp3) is 0.774. The number of hydrogen-bond donors (Lipinski definition) is 1. The van der Waals surface area contributed by atoms with Gasteiger partial charge in [-0.3, -0.25) is 9.59 Å². The summed E-state index contributed by atoms with van der Waals surface area (Å²) in [7, 11) is 1.43. The molecule has 7 nitrogen and oxygen atoms in total. The van der Waals surface area contributed by atoms with Crippen LogP contribution < -0.4 is 10.2 Å². The molecular weight excluding hydrogens is 548 g/mol. The van der Waals surface area contributed by atoms with Gasteiger partial charge in [0, 0.05) is 30.8 Å². The largest absolute Gasteiger partial charge is 0.469 e. The number of thioether (sulfide) groups is 1. The molecule has 2 heterocycles. The summed E-state index contributed by atoms with van der Waals surface area (Å²) < 4.78 is 36.6. The maximum absolute atomic E-state index is 13.9. The van der Waals surface area contributed by atoms with Crippen molar-refractivity contribution >= 4 is 29.5 Å². The van der Waals surface area contributed by atoms with Gasteiger partial charge in [0.05, 0.1) is 18.3 Å². The highest BCUT2D eigenvalue weighted by molar-refractivity contribution is 7.99. The Labute approximate surface area is 245 Å². The van der Waals surface area contributed by atoms with Crippen LogP contribution in [-0.2, 0) is 14.3 Å². The smallest absolute Gasteiger partial charge is 0.345 e. The van der Waals surface area contributed by atoms with E-state index in [1.807, 2.05) is 12.1 Å². The van der Waals surface area contributed by atoms with Crippen molar-refractivity contribution in [2.45, 2.75) is 112 Å². The van der Waals surface area contributed by atoms with Crippen molar-refractivity contribution in [1.29, 1.82) is 0 Å². The van der Waals surface area contributed by atoms with Crippen molar-refractivity contribution in [2.24, 2.45) is 23.7 Å². The zero-order valence-corrected chi connectivity index (χ0v) is 24.8. The Balaban J connectivity index is 1.20. The van der Waals surface area contributed by atoms with Crippen LogP contribution in [0.25, 0.3) is 0 Å². The minimum atomic E-state index is -2.75. The molecule has 4 bridgehead atoms. The number of ether oxygens (including phenoxy) is 2. The number of anilines is 1. The number of carbonyl (C=O) groups is 2. The maximum Gasteiger partial charge on any atom is 0.345 e. The average Bonchev–Trinajstić information content (AvgIpc) is 2.94. The highest BCUT2D eigenvalue weighted by Gasteiger charge is 2.57. The lowest BCUT2D eigenvalue weighted by molar-refractivity contribution is -0.260. The van der Waals surface area contributed by atoms with Gasteiger partial charge in [-0.2, -0.15) is 8.78 Å². The Morgan fingerprint density at radius 2 is 1.85 bits per heavy atom. The van der Waals surface area contributed by atoms with Gasteiger partial charge in [0.15, 0.2) is 0 Å². The van der Waals surface area contributed by atoms with E-state index in [2.05, 4.69) is 10.2 Å². The molecule has 6 fully saturated rings. The molecule has 2 unspecified atom stereocenters. The second kappa shape index (κ2) is 12.3. The molecule has 1 aromatic heterocycles. The van der Waals surface area contributed by atoms with Gasteiger partial charge in [0.2, 0.25) is 0 Å². The van der Waals surface area contributed by atoms with Gasteiger partial charge >= 0.3 is 12.6 Å². The first-order valence-corrected chi connectivity index (χ1v) is 16.4. The third-order valence-electron chi connectivity index (χ3n) is 10.3. The van der Waals surface area contributed by atoms with E-state index in [4.69, 9.17) is 14.5 Å². The molecule has 0 aromatic carbocycles. The molecule has 41 heavy (non-hydrogen) atoms. The molecule has 1 amide bonds. The van der Waals surface area contributed by atoms with E-state index in [-0.39, 0.29) is 35.7 Å². The molecule has 1 saturated heterocycles. The third-order valence-corrected chi connectivity index (χ3v) is 11.6. The minimum absolute atomic E-state index is 0.0122. The van der Waals surface area contributed by atoms with Crippen LogP contribution in [0.5, 0.6) is 0 Å². The van der Waals surface area contributed by atoms with Gasteiger partial charge in [0.25, 0.3) is 5.91 Å². The summed E-state index contributed by atoms with van der Waals surface area (Å²) in [6.07, 6.45) is 12.2. The summed E-state index contributed by atoms with van der Waals surface area (Å²) in [6, 6.07) is 3.86. The van der Waals surface area contributed by atoms with E-state index in [0.29, 0.717) is 36.0 Å². The molecule has 6 aliphatic rings. The molecule has 3 atom stereocenters. The zero-order chi connectivity index (χ0) is 28.6. The molecular formula is C31H43F2N3O4S. The third kappa shape index (κ3) is 6.53. The summed E-state index contributed by atoms with van der Waals surface area (Å²) in [5.74, 6) is 1.55. The van der Waals surface area contributed by atoms with E-state index in [0.717, 1.165) is 68.9 Å². The van der Waals surface area contributed by atoms with Gasteiger partial charge in [-0.25, -0.2) is 4.98 Å². The van der Waals surface area contributed by atoms with Crippen LogP contribution in [0.15, 0.2) is 17.2 Å². The molecule has 0 radical (unpaired) electrons. The predicted octanol–water partition coefficient (Wildman–Crippen LogP) is 6.20. The van der Waals surface area contributed by atoms with Crippen molar-refractivity contribution in [3.63, 3.8) is 0 Å².